The fourth-order valence-corrected chi connectivity index (χ4v) is 3.23. The van der Waals surface area contributed by atoms with Gasteiger partial charge in [0.2, 0.25) is 0 Å². The molecular weight excluding hydrogens is 406 g/mol. The van der Waals surface area contributed by atoms with Crippen molar-refractivity contribution in [3.05, 3.63) is 77.9 Å². The Kier molecular flexibility index (Phi) is 9.04. The summed E-state index contributed by atoms with van der Waals surface area (Å²) in [5.41, 5.74) is 3.08. The zero-order chi connectivity index (χ0) is 21.0. The normalized spacial score (nSPS) is 12.0. The Bertz CT molecular complexity index is 874. The van der Waals surface area contributed by atoms with Gasteiger partial charge in [0.1, 0.15) is 0 Å². The van der Waals surface area contributed by atoms with Gasteiger partial charge in [0.15, 0.2) is 0 Å². The Hall–Kier alpha value is -1.26. The Labute approximate surface area is 194 Å². The van der Waals surface area contributed by atoms with Gasteiger partial charge in [-0.05, 0) is 38.2 Å². The van der Waals surface area contributed by atoms with Gasteiger partial charge in [-0.25, -0.2) is 0 Å². The molecule has 153 valence electrons. The van der Waals surface area contributed by atoms with E-state index in [0.29, 0.717) is 4.15 Å². The molecule has 0 saturated heterocycles. The van der Waals surface area contributed by atoms with Crippen molar-refractivity contribution >= 4 is 20.3 Å². The first-order chi connectivity index (χ1) is 13.0. The van der Waals surface area contributed by atoms with E-state index >= 15 is 0 Å². The second kappa shape index (κ2) is 10.2. The van der Waals surface area contributed by atoms with Crippen molar-refractivity contribution in [2.45, 2.75) is 52.0 Å². The van der Waals surface area contributed by atoms with Crippen molar-refractivity contribution in [3.63, 3.8) is 0 Å². The third-order valence-corrected chi connectivity index (χ3v) is 6.91. The third-order valence-electron chi connectivity index (χ3n) is 5.78. The Morgan fingerprint density at radius 2 is 1.45 bits per heavy atom. The van der Waals surface area contributed by atoms with Crippen molar-refractivity contribution in [2.75, 3.05) is 14.1 Å². The summed E-state index contributed by atoms with van der Waals surface area (Å²) in [5, 5.41) is 2.70. The fourth-order valence-electron chi connectivity index (χ4n) is 2.96. The molecule has 0 heterocycles. The first-order valence-corrected chi connectivity index (χ1v) is 10.8. The average molecular weight is 441 g/mol. The van der Waals surface area contributed by atoms with Gasteiger partial charge in [0.05, 0.1) is 19.6 Å². The molecule has 0 spiro atoms. The van der Waals surface area contributed by atoms with E-state index in [1.54, 1.807) is 0 Å². The number of hydrogen-bond donors (Lipinski definition) is 0. The Balaban J connectivity index is 0.000000362. The molecule has 3 aromatic rings. The number of fused-ring (bicyclic) bond motifs is 1. The van der Waals surface area contributed by atoms with Crippen LogP contribution in [0.4, 0.5) is 0 Å². The van der Waals surface area contributed by atoms with Gasteiger partial charge < -0.3 is 4.15 Å². The van der Waals surface area contributed by atoms with Gasteiger partial charge in [-0.2, -0.15) is 6.07 Å². The second-order valence-electron chi connectivity index (χ2n) is 9.63. The number of nitrogens with zero attached hydrogens (tertiary/aromatic N) is 1. The topological polar surface area (TPSA) is 17.1 Å². The monoisotopic (exact) mass is 440 g/mol. The average Bonchev–Trinajstić information content (AvgIpc) is 3.03. The summed E-state index contributed by atoms with van der Waals surface area (Å²) < 4.78 is 11.2. The van der Waals surface area contributed by atoms with Gasteiger partial charge in [0.25, 0.3) is 0 Å². The van der Waals surface area contributed by atoms with E-state index < -0.39 is 0 Å². The molecule has 0 aliphatic heterocycles. The molecule has 0 unspecified atom stereocenters. The molecule has 0 amide bonds. The zero-order valence-corrected chi connectivity index (χ0v) is 21.5. The molecule has 3 rings (SSSR count). The molecule has 0 N–H and O–H groups in total. The van der Waals surface area contributed by atoms with Crippen LogP contribution in [0, 0.1) is 0 Å². The van der Waals surface area contributed by atoms with Gasteiger partial charge in [-0.1, -0.05) is 50.2 Å². The summed E-state index contributed by atoms with van der Waals surface area (Å²) in [6, 6.07) is 24.0. The van der Waals surface area contributed by atoms with Crippen LogP contribution in [-0.4, -0.2) is 33.4 Å². The van der Waals surface area contributed by atoms with E-state index in [2.05, 4.69) is 101 Å². The molecule has 0 aromatic heterocycles. The first-order valence-electron chi connectivity index (χ1n) is 9.90. The maximum atomic E-state index is 10.6. The number of rotatable bonds is 4. The van der Waals surface area contributed by atoms with Crippen LogP contribution in [-0.2, 0) is 38.0 Å². The Morgan fingerprint density at radius 1 is 0.897 bits per heavy atom. The van der Waals surface area contributed by atoms with Crippen LogP contribution < -0.4 is 0 Å². The van der Waals surface area contributed by atoms with Crippen LogP contribution in [0.1, 0.15) is 45.7 Å². The molecule has 0 fully saturated rings. The van der Waals surface area contributed by atoms with Crippen LogP contribution in [0.3, 0.4) is 0 Å². The van der Waals surface area contributed by atoms with Gasteiger partial charge in [-0.3, -0.25) is 4.46 Å². The molecular formula is C25H34NOSiTi. The predicted octanol–water partition coefficient (Wildman–Crippen LogP) is 5.90. The summed E-state index contributed by atoms with van der Waals surface area (Å²) in [6.07, 6.45) is 1.08. The fraction of sp³-hybridized carbons (Fsp3) is 0.400. The van der Waals surface area contributed by atoms with Crippen LogP contribution in [0.15, 0.2) is 66.7 Å². The molecule has 0 aliphatic carbocycles. The van der Waals surface area contributed by atoms with Crippen molar-refractivity contribution in [1.82, 2.24) is 0 Å². The molecule has 0 atom stereocenters. The minimum absolute atomic E-state index is 0. The van der Waals surface area contributed by atoms with E-state index in [1.165, 1.54) is 21.9 Å². The van der Waals surface area contributed by atoms with Crippen molar-refractivity contribution in [1.29, 1.82) is 0 Å². The van der Waals surface area contributed by atoms with E-state index in [1.807, 2.05) is 14.1 Å². The molecule has 1 radical (unpaired) electrons. The smallest absolute Gasteiger partial charge is 0.322 e. The summed E-state index contributed by atoms with van der Waals surface area (Å²) in [6.45, 7) is 10.9. The third kappa shape index (κ3) is 6.89. The van der Waals surface area contributed by atoms with Gasteiger partial charge in [0, 0.05) is 21.7 Å². The van der Waals surface area contributed by atoms with Crippen LogP contribution in [0.25, 0.3) is 10.8 Å². The molecule has 4 heteroatoms. The number of benzene rings is 2. The molecule has 0 saturated carbocycles. The van der Waals surface area contributed by atoms with E-state index in [0.717, 1.165) is 6.42 Å². The van der Waals surface area contributed by atoms with Crippen LogP contribution in [0.5, 0.6) is 0 Å². The summed E-state index contributed by atoms with van der Waals surface area (Å²) in [7, 11) is 3.65. The number of quaternary nitrogens is 1. The standard InChI is InChI=1S/C19H19.C6H15NOSi.Ti/c1-19(2,18-10-4-3-5-11-18)14-15-12-16-8-6-7-9-17(16)13-15;1-6(2,3)7(4,5)9-8;/h3-13H,14H2,1-2H3;1-5H3;/q-1;+1;. The summed E-state index contributed by atoms with van der Waals surface area (Å²) in [5.74, 6) is 0. The van der Waals surface area contributed by atoms with Crippen molar-refractivity contribution in [3.8, 4) is 0 Å². The number of hydrogen-bond acceptors (Lipinski definition) is 1. The van der Waals surface area contributed by atoms with Crippen LogP contribution >= 0.6 is 0 Å². The van der Waals surface area contributed by atoms with Crippen molar-refractivity contribution in [2.24, 2.45) is 0 Å². The predicted molar refractivity (Wildman–Crippen MR) is 121 cm³/mol. The minimum atomic E-state index is -0.277. The SMILES string of the molecule is CC(C)(C)[N+](C)(C)[Si]=O.CC(C)(Cc1cc2ccccc2[cH-]1)c1ccccc1.[Ti]. The van der Waals surface area contributed by atoms with Gasteiger partial charge >= 0.3 is 9.57 Å². The summed E-state index contributed by atoms with van der Waals surface area (Å²) >= 11 is 0. The van der Waals surface area contributed by atoms with E-state index in [-0.39, 0.29) is 42.2 Å². The quantitative estimate of drug-likeness (QED) is 0.365. The summed E-state index contributed by atoms with van der Waals surface area (Å²) in [4.78, 5) is 0. The molecule has 29 heavy (non-hydrogen) atoms. The first kappa shape index (κ1) is 25.8. The maximum absolute atomic E-state index is 10.6. The largest absolute Gasteiger partial charge is 0.666 e. The molecule has 0 aliphatic rings. The minimum Gasteiger partial charge on any atom is -0.322 e. The molecule has 2 nitrogen and oxygen atoms in total. The van der Waals surface area contributed by atoms with E-state index in [4.69, 9.17) is 0 Å². The van der Waals surface area contributed by atoms with Gasteiger partial charge in [-0.15, -0.1) is 40.6 Å². The van der Waals surface area contributed by atoms with E-state index in [9.17, 15) is 4.46 Å². The van der Waals surface area contributed by atoms with Crippen molar-refractivity contribution < 1.29 is 30.3 Å². The van der Waals surface area contributed by atoms with Crippen LogP contribution in [0.2, 0.25) is 0 Å². The molecule has 3 aromatic carbocycles. The Morgan fingerprint density at radius 3 is 1.93 bits per heavy atom. The molecule has 0 bridgehead atoms. The second-order valence-corrected chi connectivity index (χ2v) is 10.9. The zero-order valence-electron chi connectivity index (χ0n) is 18.9. The maximum Gasteiger partial charge on any atom is 0.666 e.